The minimum Gasteiger partial charge on any atom is -0.384 e. The number of hydrogen-bond acceptors (Lipinski definition) is 33. The Morgan fingerprint density at radius 1 is 0.425 bits per heavy atom. The van der Waals surface area contributed by atoms with Crippen LogP contribution in [-0.2, 0) is 0 Å². The van der Waals surface area contributed by atoms with E-state index in [1.54, 1.807) is 94.6 Å². The maximum atomic E-state index is 14.9. The first-order chi connectivity index (χ1) is 64.0. The quantitative estimate of drug-likeness (QED) is 0.0317. The molecule has 0 radical (unpaired) electrons. The van der Waals surface area contributed by atoms with Crippen molar-refractivity contribution in [2.75, 3.05) is 55.7 Å². The van der Waals surface area contributed by atoms with Crippen LogP contribution < -0.4 is 77.9 Å². The number of halogens is 9. The van der Waals surface area contributed by atoms with E-state index < -0.39 is 64.1 Å². The molecule has 1 aliphatic carbocycles. The van der Waals surface area contributed by atoms with Gasteiger partial charge in [-0.15, -0.1) is 0 Å². The Bertz CT molecular complexity index is 7750. The molecule has 1 aliphatic rings. The fourth-order valence-electron chi connectivity index (χ4n) is 14.5. The second-order valence-corrected chi connectivity index (χ2v) is 32.6. The second kappa shape index (κ2) is 39.8. The first kappa shape index (κ1) is 94.1. The average Bonchev–Trinajstić information content (AvgIpc) is 1.54. The fraction of sp³-hybridized carbons (Fsp3) is 0.193. The molecular formula is C88H74Cl5F4N33O4. The lowest BCUT2D eigenvalue weighted by atomic mass is 10.0. The molecule has 134 heavy (non-hydrogen) atoms. The molecule has 0 saturated heterocycles. The molecule has 0 bridgehead atoms. The third-order valence-corrected chi connectivity index (χ3v) is 22.2. The normalized spacial score (nSPS) is 12.5. The van der Waals surface area contributed by atoms with E-state index in [-0.39, 0.29) is 151 Å². The standard InChI is InChI=1S/C24H20ClFN8O.C23H21ClFN9O.C21H15ClF2N8O.C20H18Cl2N8O/c1-12-30-21(28)15(10-27)22(31-12)32-18(9-13-4-5-13)23-33-20-17(26)7-6-16(25)19(20)24(35)34(23)14-3-2-8-29-11-14;1-11(2)6-17(30-20-14(8-26)19(27)32-23(28)33-20)21-31-16-5-3-4-15(24)18(16)22(35)34(21)13-7-12(25)9-29-10-13;1-9(28-19-13(6-25)18(26)29-10(2)30-19)20-31-17-15(24)4-3-14(22)16(17)21(33)32(20)12-5-11(23)7-27-8-12;1-9(26-18-16(22)17(24)27-10(2)28-18)19-29-13-5-3-4-12(21)15(13)20(31)30(19)11-6-7-14(23)25-8-11/h2-3,6-8,11,13,18H,4-5,9H2,1H3,(H3,28,30,31,32);3-5,7,9-11,17H,6H2,1-2H3,(H5,27,28,30,32,33);3-5,7-9H,1-2H3,(H3,26,28,29,30);3-9H,1-2H3,(H2,23,25)(H3,24,26,27,28)/t18-;;2*9-/m0.10/s1. The van der Waals surface area contributed by atoms with E-state index in [1.807, 2.05) is 39.0 Å². The van der Waals surface area contributed by atoms with Crippen molar-refractivity contribution in [3.05, 3.63) is 288 Å². The SMILES string of the molecule is CC(C)CC(Nc1nc(N)nc(N)c1C#N)c1nc2cccc(Cl)c2c(=O)n1-c1cncc(F)c1.Cc1nc(N)c(C#N)c(N[C@@H](CC2CC2)c2nc3c(F)ccc(Cl)c3c(=O)n2-c2cccnc2)n1.Cc1nc(N)c(C#N)c(N[C@H](C)c2nc3c(F)ccc(Cl)c3c(=O)n2-c2cncc(F)c2)n1.Cc1nc(N)c(Cl)c(N[C@@H](C)c2nc3cccc(Cl)c3c(=O)n2-c2ccc(N)nc2)n1. The highest BCUT2D eigenvalue weighted by atomic mass is 35.5. The van der Waals surface area contributed by atoms with Crippen molar-refractivity contribution in [2.24, 2.45) is 11.8 Å². The number of nitrogens with zero attached hydrogens (tertiary/aromatic N) is 23. The molecule has 0 amide bonds. The van der Waals surface area contributed by atoms with Crippen LogP contribution in [0.1, 0.15) is 135 Å². The number of nitrogen functional groups attached to an aromatic ring is 6. The minimum atomic E-state index is -0.829. The van der Waals surface area contributed by atoms with E-state index in [9.17, 15) is 52.5 Å². The van der Waals surface area contributed by atoms with Crippen molar-refractivity contribution in [3.8, 4) is 41.0 Å². The molecule has 17 rings (SSSR count). The molecule has 1 fully saturated rings. The highest BCUT2D eigenvalue weighted by Gasteiger charge is 2.34. The largest absolute Gasteiger partial charge is 0.384 e. The molecule has 0 aliphatic heterocycles. The van der Waals surface area contributed by atoms with Crippen LogP contribution in [0.2, 0.25) is 25.1 Å². The van der Waals surface area contributed by atoms with E-state index in [1.165, 1.54) is 62.8 Å². The maximum Gasteiger partial charge on any atom is 0.267 e. The Morgan fingerprint density at radius 2 is 0.843 bits per heavy atom. The molecule has 1 saturated carbocycles. The number of fused-ring (bicyclic) bond motifs is 4. The van der Waals surface area contributed by atoms with Crippen LogP contribution >= 0.6 is 58.0 Å². The molecule has 12 aromatic heterocycles. The van der Waals surface area contributed by atoms with E-state index in [0.717, 1.165) is 41.9 Å². The van der Waals surface area contributed by atoms with Crippen molar-refractivity contribution in [3.63, 3.8) is 0 Å². The highest BCUT2D eigenvalue weighted by Crippen LogP contribution is 2.41. The van der Waals surface area contributed by atoms with Gasteiger partial charge in [-0.05, 0) is 132 Å². The summed E-state index contributed by atoms with van der Waals surface area (Å²) in [6.07, 6.45) is 12.3. The first-order valence-electron chi connectivity index (χ1n) is 40.4. The summed E-state index contributed by atoms with van der Waals surface area (Å²) >= 11 is 31.4. The number of pyridine rings is 4. The predicted molar refractivity (Wildman–Crippen MR) is 502 cm³/mol. The number of benzene rings is 4. The van der Waals surface area contributed by atoms with Crippen molar-refractivity contribution in [2.45, 2.75) is 98.3 Å². The smallest absolute Gasteiger partial charge is 0.267 e. The summed E-state index contributed by atoms with van der Waals surface area (Å²) in [5.41, 5.74) is 34.6. The number of aromatic nitrogens is 20. The molecule has 1 unspecified atom stereocenters. The lowest BCUT2D eigenvalue weighted by molar-refractivity contribution is 0.505. The van der Waals surface area contributed by atoms with Gasteiger partial charge in [-0.3, -0.25) is 52.4 Å². The van der Waals surface area contributed by atoms with Crippen molar-refractivity contribution >= 4 is 160 Å². The number of nitrogens with two attached hydrogens (primary N) is 6. The van der Waals surface area contributed by atoms with Crippen molar-refractivity contribution in [1.29, 1.82) is 15.8 Å². The summed E-state index contributed by atoms with van der Waals surface area (Å²) in [5.74, 6) is 0.797. The van der Waals surface area contributed by atoms with Gasteiger partial charge in [0.15, 0.2) is 23.3 Å². The molecule has 0 spiro atoms. The first-order valence-corrected chi connectivity index (χ1v) is 42.3. The Labute approximate surface area is 781 Å². The van der Waals surface area contributed by atoms with Crippen LogP contribution in [-0.4, -0.2) is 98.0 Å². The van der Waals surface area contributed by atoms with E-state index >= 15 is 0 Å². The summed E-state index contributed by atoms with van der Waals surface area (Å²) in [7, 11) is 0. The van der Waals surface area contributed by atoms with Gasteiger partial charge in [0.1, 0.15) is 144 Å². The third kappa shape index (κ3) is 20.0. The van der Waals surface area contributed by atoms with Crippen LogP contribution in [0.15, 0.2) is 160 Å². The molecule has 16 N–H and O–H groups in total. The summed E-state index contributed by atoms with van der Waals surface area (Å²) < 4.78 is 62.7. The van der Waals surface area contributed by atoms with Crippen molar-refractivity contribution < 1.29 is 17.6 Å². The van der Waals surface area contributed by atoms with Crippen LogP contribution in [0.25, 0.3) is 66.4 Å². The van der Waals surface area contributed by atoms with Gasteiger partial charge in [0.2, 0.25) is 5.95 Å². The molecule has 16 aromatic rings. The Balaban J connectivity index is 0.000000144. The number of hydrogen-bond donors (Lipinski definition) is 10. The molecule has 678 valence electrons. The molecule has 37 nitrogen and oxygen atoms in total. The Morgan fingerprint density at radius 3 is 1.34 bits per heavy atom. The number of nitrogens with one attached hydrogen (secondary N) is 4. The number of nitriles is 3. The lowest BCUT2D eigenvalue weighted by Gasteiger charge is -2.25. The summed E-state index contributed by atoms with van der Waals surface area (Å²) in [4.78, 5) is 122. The number of anilines is 10. The van der Waals surface area contributed by atoms with Gasteiger partial charge in [0.25, 0.3) is 22.2 Å². The highest BCUT2D eigenvalue weighted by molar-refractivity contribution is 6.37. The van der Waals surface area contributed by atoms with Crippen LogP contribution in [0.4, 0.5) is 75.9 Å². The molecule has 12 heterocycles. The minimum absolute atomic E-state index is 0.000191. The van der Waals surface area contributed by atoms with Gasteiger partial charge in [0, 0.05) is 18.3 Å². The van der Waals surface area contributed by atoms with E-state index in [2.05, 4.69) is 91.0 Å². The van der Waals surface area contributed by atoms with E-state index in [4.69, 9.17) is 102 Å². The van der Waals surface area contributed by atoms with Crippen molar-refractivity contribution in [1.82, 2.24) is 98.0 Å². The van der Waals surface area contributed by atoms with Crippen LogP contribution in [0, 0.1) is 89.9 Å². The second-order valence-electron chi connectivity index (χ2n) is 30.6. The van der Waals surface area contributed by atoms with Gasteiger partial charge in [-0.2, -0.15) is 25.8 Å². The summed E-state index contributed by atoms with van der Waals surface area (Å²) in [6, 6.07) is 27.1. The molecular weight excluding hydrogens is 1840 g/mol. The predicted octanol–water partition coefficient (Wildman–Crippen LogP) is 14.6. The third-order valence-electron chi connectivity index (χ3n) is 20.6. The Hall–Kier alpha value is -16.0. The van der Waals surface area contributed by atoms with E-state index in [0.29, 0.717) is 86.5 Å². The molecule has 4 atom stereocenters. The van der Waals surface area contributed by atoms with Gasteiger partial charge >= 0.3 is 0 Å². The number of aryl methyl sites for hydroxylation is 3. The molecule has 4 aromatic carbocycles. The topological polar surface area (TPSA) is 570 Å². The maximum absolute atomic E-state index is 14.9. The zero-order chi connectivity index (χ0) is 96.1. The van der Waals surface area contributed by atoms with Gasteiger partial charge < -0.3 is 55.7 Å². The number of rotatable bonds is 20. The lowest BCUT2D eigenvalue weighted by Crippen LogP contribution is -2.29. The average molecular weight is 1910 g/mol. The fourth-order valence-corrected chi connectivity index (χ4v) is 15.6. The van der Waals surface area contributed by atoms with Crippen LogP contribution in [0.3, 0.4) is 0 Å². The van der Waals surface area contributed by atoms with Crippen LogP contribution in [0.5, 0.6) is 0 Å². The zero-order valence-electron chi connectivity index (χ0n) is 71.4. The molecule has 46 heteroatoms. The Kier molecular flexibility index (Phi) is 27.9. The summed E-state index contributed by atoms with van der Waals surface area (Å²) in [5, 5.41) is 42.3. The van der Waals surface area contributed by atoms with Gasteiger partial charge in [-0.25, -0.2) is 72.4 Å². The zero-order valence-corrected chi connectivity index (χ0v) is 75.1. The monoisotopic (exact) mass is 1910 g/mol. The van der Waals surface area contributed by atoms with Gasteiger partial charge in [0.05, 0.1) is 137 Å². The summed E-state index contributed by atoms with van der Waals surface area (Å²) in [6.45, 7) is 12.3. The van der Waals surface area contributed by atoms with Gasteiger partial charge in [-0.1, -0.05) is 96.8 Å².